The lowest BCUT2D eigenvalue weighted by atomic mass is 10.2. The molecular weight excluding hydrogens is 443 g/mol. The molecule has 0 radical (unpaired) electrons. The van der Waals surface area contributed by atoms with E-state index in [0.717, 1.165) is 25.0 Å². The van der Waals surface area contributed by atoms with Gasteiger partial charge in [-0.1, -0.05) is 18.2 Å². The molecule has 5 rings (SSSR count). The molecular formula is C25H21FN2O4S. The maximum absolute atomic E-state index is 14.1. The number of nitrogens with zero attached hydrogens (tertiary/aromatic N) is 2. The van der Waals surface area contributed by atoms with Gasteiger partial charge in [-0.2, -0.15) is 0 Å². The van der Waals surface area contributed by atoms with Gasteiger partial charge in [-0.05, 0) is 67.4 Å². The normalized spacial score (nSPS) is 16.8. The molecule has 168 valence electrons. The highest BCUT2D eigenvalue weighted by Crippen LogP contribution is 2.41. The monoisotopic (exact) mass is 464 g/mol. The Morgan fingerprint density at radius 1 is 0.879 bits per heavy atom. The Labute approximate surface area is 191 Å². The number of carbonyl (C=O) groups excluding carboxylic acids is 1. The van der Waals surface area contributed by atoms with Crippen LogP contribution in [0.1, 0.15) is 12.8 Å². The van der Waals surface area contributed by atoms with Crippen LogP contribution in [0.25, 0.3) is 0 Å². The van der Waals surface area contributed by atoms with E-state index in [4.69, 9.17) is 4.74 Å². The number of benzene rings is 3. The van der Waals surface area contributed by atoms with Crippen molar-refractivity contribution in [3.05, 3.63) is 89.7 Å². The Balaban J connectivity index is 1.55. The number of fused-ring (bicyclic) bond motifs is 1. The number of hydrogen-bond donors (Lipinski definition) is 0. The Bertz CT molecular complexity index is 1330. The third kappa shape index (κ3) is 3.98. The first kappa shape index (κ1) is 21.2. The second-order valence-corrected chi connectivity index (χ2v) is 9.77. The van der Waals surface area contributed by atoms with Gasteiger partial charge in [-0.15, -0.1) is 0 Å². The van der Waals surface area contributed by atoms with E-state index in [2.05, 4.69) is 0 Å². The zero-order chi connectivity index (χ0) is 23.0. The first-order chi connectivity index (χ1) is 15.9. The minimum absolute atomic E-state index is 0.0986. The number of amides is 1. The number of ether oxygens (including phenoxy) is 1. The third-order valence-corrected chi connectivity index (χ3v) is 7.49. The summed E-state index contributed by atoms with van der Waals surface area (Å²) in [5.74, 6) is 0.170. The van der Waals surface area contributed by atoms with Gasteiger partial charge < -0.3 is 14.5 Å². The summed E-state index contributed by atoms with van der Waals surface area (Å²) < 4.78 is 46.5. The molecule has 2 heterocycles. The van der Waals surface area contributed by atoms with Crippen LogP contribution in [0.5, 0.6) is 11.5 Å². The van der Waals surface area contributed by atoms with Crippen LogP contribution in [0.3, 0.4) is 0 Å². The van der Waals surface area contributed by atoms with Crippen molar-refractivity contribution in [2.24, 2.45) is 0 Å². The molecule has 33 heavy (non-hydrogen) atoms. The molecule has 0 spiro atoms. The quantitative estimate of drug-likeness (QED) is 0.508. The van der Waals surface area contributed by atoms with Crippen LogP contribution in [-0.4, -0.2) is 32.3 Å². The van der Waals surface area contributed by atoms with Crippen LogP contribution in [0.15, 0.2) is 88.8 Å². The highest BCUT2D eigenvalue weighted by molar-refractivity contribution is 7.96. The standard InChI is InChI=1S/C25H21FN2O4S/c26-18-8-13-23-22(16-18)28(17-24(33(23,30)31)25(29)27-14-4-5-15-27)19-9-11-21(12-10-19)32-20-6-2-1-3-7-20/h1-3,6-13,16-17H,4-5,14-15H2. The van der Waals surface area contributed by atoms with Gasteiger partial charge >= 0.3 is 0 Å². The van der Waals surface area contributed by atoms with E-state index in [-0.39, 0.29) is 15.5 Å². The molecule has 0 unspecified atom stereocenters. The van der Waals surface area contributed by atoms with E-state index in [9.17, 15) is 17.6 Å². The highest BCUT2D eigenvalue weighted by atomic mass is 32.2. The summed E-state index contributed by atoms with van der Waals surface area (Å²) in [7, 11) is -4.09. The summed E-state index contributed by atoms with van der Waals surface area (Å²) >= 11 is 0. The second kappa shape index (κ2) is 8.37. The van der Waals surface area contributed by atoms with Crippen LogP contribution in [0.2, 0.25) is 0 Å². The first-order valence-corrected chi connectivity index (χ1v) is 12.1. The summed E-state index contributed by atoms with van der Waals surface area (Å²) in [6.07, 6.45) is 2.98. The molecule has 8 heteroatoms. The molecule has 0 aliphatic carbocycles. The SMILES string of the molecule is O=C(C1=CN(c2ccc(Oc3ccccc3)cc2)c2cc(F)ccc2S1(=O)=O)N1CCCC1. The van der Waals surface area contributed by atoms with Crippen molar-refractivity contribution < 1.29 is 22.3 Å². The molecule has 0 atom stereocenters. The molecule has 3 aromatic rings. The van der Waals surface area contributed by atoms with E-state index in [1.807, 2.05) is 30.3 Å². The van der Waals surface area contributed by atoms with Crippen LogP contribution in [0.4, 0.5) is 15.8 Å². The minimum atomic E-state index is -4.09. The van der Waals surface area contributed by atoms with Crippen LogP contribution >= 0.6 is 0 Å². The fraction of sp³-hybridized carbons (Fsp3) is 0.160. The molecule has 0 bridgehead atoms. The van der Waals surface area contributed by atoms with Crippen molar-refractivity contribution >= 4 is 27.1 Å². The Hall–Kier alpha value is -3.65. The fourth-order valence-corrected chi connectivity index (χ4v) is 5.56. The van der Waals surface area contributed by atoms with Crippen LogP contribution in [-0.2, 0) is 14.6 Å². The van der Waals surface area contributed by atoms with Gasteiger partial charge in [-0.3, -0.25) is 4.79 Å². The number of hydrogen-bond acceptors (Lipinski definition) is 5. The maximum Gasteiger partial charge on any atom is 0.267 e. The number of rotatable bonds is 4. The van der Waals surface area contributed by atoms with Gasteiger partial charge in [0, 0.05) is 25.0 Å². The number of halogens is 1. The summed E-state index contributed by atoms with van der Waals surface area (Å²) in [5.41, 5.74) is 0.730. The topological polar surface area (TPSA) is 66.9 Å². The van der Waals surface area contributed by atoms with Gasteiger partial charge in [0.15, 0.2) is 4.91 Å². The average molecular weight is 465 g/mol. The summed E-state index contributed by atoms with van der Waals surface area (Å²) in [5, 5.41) is 0. The number of carbonyl (C=O) groups is 1. The van der Waals surface area contributed by atoms with Crippen molar-refractivity contribution in [1.29, 1.82) is 0 Å². The van der Waals surface area contributed by atoms with Crippen molar-refractivity contribution in [1.82, 2.24) is 4.90 Å². The number of anilines is 2. The Morgan fingerprint density at radius 3 is 2.24 bits per heavy atom. The molecule has 1 saturated heterocycles. The lowest BCUT2D eigenvalue weighted by Gasteiger charge is -2.30. The summed E-state index contributed by atoms with van der Waals surface area (Å²) in [6, 6.07) is 19.7. The van der Waals surface area contributed by atoms with Crippen molar-refractivity contribution in [3.63, 3.8) is 0 Å². The lowest BCUT2D eigenvalue weighted by Crippen LogP contribution is -2.35. The summed E-state index contributed by atoms with van der Waals surface area (Å²) in [6.45, 7) is 1.04. The zero-order valence-corrected chi connectivity index (χ0v) is 18.5. The number of sulfone groups is 1. The van der Waals surface area contributed by atoms with E-state index in [0.29, 0.717) is 30.3 Å². The van der Waals surface area contributed by atoms with Crippen molar-refractivity contribution in [2.75, 3.05) is 18.0 Å². The fourth-order valence-electron chi connectivity index (χ4n) is 4.04. The number of likely N-dealkylation sites (tertiary alicyclic amines) is 1. The first-order valence-electron chi connectivity index (χ1n) is 10.6. The largest absolute Gasteiger partial charge is 0.457 e. The molecule has 2 aliphatic heterocycles. The molecule has 3 aromatic carbocycles. The smallest absolute Gasteiger partial charge is 0.267 e. The predicted octanol–water partition coefficient (Wildman–Crippen LogP) is 5.01. The van der Waals surface area contributed by atoms with Gasteiger partial charge in [-0.25, -0.2) is 12.8 Å². The molecule has 0 N–H and O–H groups in total. The lowest BCUT2D eigenvalue weighted by molar-refractivity contribution is -0.125. The van der Waals surface area contributed by atoms with E-state index in [1.165, 1.54) is 17.2 Å². The van der Waals surface area contributed by atoms with Crippen molar-refractivity contribution in [3.8, 4) is 11.5 Å². The van der Waals surface area contributed by atoms with Gasteiger partial charge in [0.25, 0.3) is 5.91 Å². The molecule has 1 amide bonds. The predicted molar refractivity (Wildman–Crippen MR) is 123 cm³/mol. The number of para-hydroxylation sites is 1. The van der Waals surface area contributed by atoms with Crippen LogP contribution in [0, 0.1) is 5.82 Å². The Morgan fingerprint density at radius 2 is 1.55 bits per heavy atom. The van der Waals surface area contributed by atoms with Gasteiger partial charge in [0.2, 0.25) is 9.84 Å². The van der Waals surface area contributed by atoms with Gasteiger partial charge in [0.05, 0.1) is 10.6 Å². The van der Waals surface area contributed by atoms with Gasteiger partial charge in [0.1, 0.15) is 17.3 Å². The average Bonchev–Trinajstić information content (AvgIpc) is 3.35. The van der Waals surface area contributed by atoms with E-state index in [1.54, 1.807) is 29.2 Å². The summed E-state index contributed by atoms with van der Waals surface area (Å²) in [4.78, 5) is 15.8. The highest BCUT2D eigenvalue weighted by Gasteiger charge is 2.38. The second-order valence-electron chi connectivity index (χ2n) is 7.89. The maximum atomic E-state index is 14.1. The van der Waals surface area contributed by atoms with Crippen molar-refractivity contribution in [2.45, 2.75) is 17.7 Å². The molecule has 1 fully saturated rings. The molecule has 2 aliphatic rings. The Kier molecular flexibility index (Phi) is 5.38. The molecule has 6 nitrogen and oxygen atoms in total. The molecule has 0 saturated carbocycles. The van der Waals surface area contributed by atoms with E-state index < -0.39 is 21.6 Å². The minimum Gasteiger partial charge on any atom is -0.457 e. The van der Waals surface area contributed by atoms with Crippen LogP contribution < -0.4 is 9.64 Å². The zero-order valence-electron chi connectivity index (χ0n) is 17.6. The molecule has 0 aromatic heterocycles. The third-order valence-electron chi connectivity index (χ3n) is 5.70. The van der Waals surface area contributed by atoms with E-state index >= 15 is 0 Å².